The molecule has 0 spiro atoms. The van der Waals surface area contributed by atoms with Crippen molar-refractivity contribution in [1.29, 1.82) is 0 Å². The molecule has 6 nitrogen and oxygen atoms in total. The lowest BCUT2D eigenvalue weighted by Crippen LogP contribution is -2.43. The smallest absolute Gasteiger partial charge is 0.311 e. The lowest BCUT2D eigenvalue weighted by atomic mass is 9.59. The molecule has 0 saturated carbocycles. The summed E-state index contributed by atoms with van der Waals surface area (Å²) in [6.07, 6.45) is 2.44. The number of carbonyl (C=O) groups is 2. The Morgan fingerprint density at radius 3 is 1.91 bits per heavy atom. The van der Waals surface area contributed by atoms with Crippen molar-refractivity contribution in [1.82, 2.24) is 0 Å². The standard InChI is InChI=1S/C39H52O6S/c1-6-29(2)22-32(31-16-10-7-11-17-31)24-39(33-18-12-8-13-19-33,34-20-14-9-15-21-34)27-38(4,23-30(3)36(42)44-5)37(43)45-25-35(41)26-46-28-40/h7-21,29-30,32,35,40-41H,6,22-28H2,1-5H3. The van der Waals surface area contributed by atoms with Crippen LogP contribution in [0, 0.1) is 17.3 Å². The maximum Gasteiger partial charge on any atom is 0.311 e. The highest BCUT2D eigenvalue weighted by atomic mass is 32.2. The van der Waals surface area contributed by atoms with Gasteiger partial charge in [-0.3, -0.25) is 9.59 Å². The molecule has 46 heavy (non-hydrogen) atoms. The highest BCUT2D eigenvalue weighted by molar-refractivity contribution is 7.99. The minimum Gasteiger partial charge on any atom is -0.469 e. The van der Waals surface area contributed by atoms with E-state index in [1.807, 2.05) is 49.4 Å². The van der Waals surface area contributed by atoms with E-state index in [9.17, 15) is 14.7 Å². The summed E-state index contributed by atoms with van der Waals surface area (Å²) in [6.45, 7) is 7.99. The van der Waals surface area contributed by atoms with Crippen molar-refractivity contribution >= 4 is 23.7 Å². The molecule has 0 saturated heterocycles. The predicted octanol–water partition coefficient (Wildman–Crippen LogP) is 7.77. The number of benzene rings is 3. The maximum atomic E-state index is 14.3. The second kappa shape index (κ2) is 18.3. The molecule has 0 heterocycles. The monoisotopic (exact) mass is 648 g/mol. The SMILES string of the molecule is CCC(C)CC(CC(CC(C)(CC(C)C(=O)OC)C(=O)OCC(O)CSCO)(c1ccccc1)c1ccccc1)c1ccccc1. The Morgan fingerprint density at radius 1 is 0.870 bits per heavy atom. The molecular weight excluding hydrogens is 596 g/mol. The normalized spacial score (nSPS) is 15.6. The average Bonchev–Trinajstić information content (AvgIpc) is 3.09. The zero-order valence-corrected chi connectivity index (χ0v) is 28.9. The molecule has 0 aliphatic heterocycles. The van der Waals surface area contributed by atoms with E-state index in [1.54, 1.807) is 6.92 Å². The summed E-state index contributed by atoms with van der Waals surface area (Å²) in [5.74, 6) is -0.629. The van der Waals surface area contributed by atoms with Crippen LogP contribution in [-0.2, 0) is 24.5 Å². The molecular formula is C39H52O6S. The second-order valence-electron chi connectivity index (χ2n) is 13.0. The van der Waals surface area contributed by atoms with Crippen LogP contribution in [0.25, 0.3) is 0 Å². The quantitative estimate of drug-likeness (QED) is 0.101. The summed E-state index contributed by atoms with van der Waals surface area (Å²) in [7, 11) is 1.36. The molecule has 5 unspecified atom stereocenters. The first-order valence-corrected chi connectivity index (χ1v) is 17.5. The summed E-state index contributed by atoms with van der Waals surface area (Å²) in [5, 5.41) is 19.6. The van der Waals surface area contributed by atoms with Gasteiger partial charge in [0.15, 0.2) is 0 Å². The summed E-state index contributed by atoms with van der Waals surface area (Å²) in [5.41, 5.74) is 1.69. The molecule has 250 valence electrons. The largest absolute Gasteiger partial charge is 0.469 e. The molecule has 0 aromatic heterocycles. The number of rotatable bonds is 19. The first-order chi connectivity index (χ1) is 22.1. The fraction of sp³-hybridized carbons (Fsp3) is 0.487. The van der Waals surface area contributed by atoms with Gasteiger partial charge in [-0.2, -0.15) is 0 Å². The Morgan fingerprint density at radius 2 is 1.41 bits per heavy atom. The Balaban J connectivity index is 2.22. The van der Waals surface area contributed by atoms with Crippen LogP contribution in [0.1, 0.15) is 82.4 Å². The molecule has 0 bridgehead atoms. The molecule has 0 aliphatic rings. The molecule has 0 fully saturated rings. The van der Waals surface area contributed by atoms with E-state index in [1.165, 1.54) is 12.7 Å². The number of hydrogen-bond acceptors (Lipinski definition) is 7. The first kappa shape index (κ1) is 37.3. The second-order valence-corrected chi connectivity index (χ2v) is 14.0. The number of thioether (sulfide) groups is 1. The number of aliphatic hydroxyl groups excluding tert-OH is 2. The number of methoxy groups -OCH3 is 1. The third kappa shape index (κ3) is 10.2. The first-order valence-electron chi connectivity index (χ1n) is 16.4. The minimum absolute atomic E-state index is 0.130. The van der Waals surface area contributed by atoms with Gasteiger partial charge in [-0.25, -0.2) is 0 Å². The van der Waals surface area contributed by atoms with Crippen LogP contribution >= 0.6 is 11.8 Å². The lowest BCUT2D eigenvalue weighted by Gasteiger charge is -2.44. The summed E-state index contributed by atoms with van der Waals surface area (Å²) in [6, 6.07) is 31.4. The van der Waals surface area contributed by atoms with Crippen molar-refractivity contribution in [2.24, 2.45) is 17.3 Å². The Labute approximate surface area is 279 Å². The van der Waals surface area contributed by atoms with Gasteiger partial charge < -0.3 is 19.7 Å². The molecule has 0 radical (unpaired) electrons. The molecule has 3 aromatic rings. The van der Waals surface area contributed by atoms with E-state index in [2.05, 4.69) is 62.4 Å². The summed E-state index contributed by atoms with van der Waals surface area (Å²) >= 11 is 1.16. The Kier molecular flexibility index (Phi) is 14.8. The van der Waals surface area contributed by atoms with Crippen molar-refractivity contribution in [3.8, 4) is 0 Å². The number of ether oxygens (including phenoxy) is 2. The van der Waals surface area contributed by atoms with E-state index in [4.69, 9.17) is 14.6 Å². The zero-order valence-electron chi connectivity index (χ0n) is 28.1. The van der Waals surface area contributed by atoms with Gasteiger partial charge in [0.25, 0.3) is 0 Å². The number of aliphatic hydroxyl groups is 2. The lowest BCUT2D eigenvalue weighted by molar-refractivity contribution is -0.161. The van der Waals surface area contributed by atoms with E-state index in [-0.39, 0.29) is 36.6 Å². The highest BCUT2D eigenvalue weighted by Gasteiger charge is 2.48. The van der Waals surface area contributed by atoms with Gasteiger partial charge in [-0.1, -0.05) is 118 Å². The third-order valence-electron chi connectivity index (χ3n) is 9.26. The number of esters is 2. The topological polar surface area (TPSA) is 93.1 Å². The number of carbonyl (C=O) groups excluding carboxylic acids is 2. The van der Waals surface area contributed by atoms with Crippen molar-refractivity contribution in [2.45, 2.75) is 77.2 Å². The predicted molar refractivity (Wildman–Crippen MR) is 187 cm³/mol. The summed E-state index contributed by atoms with van der Waals surface area (Å²) in [4.78, 5) is 27.0. The van der Waals surface area contributed by atoms with E-state index in [0.29, 0.717) is 12.3 Å². The van der Waals surface area contributed by atoms with Crippen LogP contribution < -0.4 is 0 Å². The maximum absolute atomic E-state index is 14.3. The van der Waals surface area contributed by atoms with Crippen LogP contribution in [0.2, 0.25) is 0 Å². The summed E-state index contributed by atoms with van der Waals surface area (Å²) < 4.78 is 10.9. The van der Waals surface area contributed by atoms with Gasteiger partial charge in [0.2, 0.25) is 0 Å². The average molecular weight is 649 g/mol. The van der Waals surface area contributed by atoms with Gasteiger partial charge in [-0.15, -0.1) is 11.8 Å². The van der Waals surface area contributed by atoms with Crippen molar-refractivity contribution < 1.29 is 29.3 Å². The third-order valence-corrected chi connectivity index (χ3v) is 10.1. The van der Waals surface area contributed by atoms with E-state index in [0.717, 1.165) is 42.2 Å². The molecule has 7 heteroatoms. The Hall–Kier alpha value is -3.13. The fourth-order valence-corrected chi connectivity index (χ4v) is 7.24. The van der Waals surface area contributed by atoms with Crippen LogP contribution in [-0.4, -0.2) is 53.7 Å². The van der Waals surface area contributed by atoms with Gasteiger partial charge in [0.05, 0.1) is 30.5 Å². The minimum atomic E-state index is -1.12. The van der Waals surface area contributed by atoms with Crippen molar-refractivity contribution in [2.75, 3.05) is 25.4 Å². The van der Waals surface area contributed by atoms with Gasteiger partial charge in [0.1, 0.15) is 6.61 Å². The molecule has 2 N–H and O–H groups in total. The molecule has 5 atom stereocenters. The van der Waals surface area contributed by atoms with Gasteiger partial charge in [-0.05, 0) is 61.1 Å². The number of hydrogen-bond donors (Lipinski definition) is 2. The van der Waals surface area contributed by atoms with Crippen molar-refractivity contribution in [3.05, 3.63) is 108 Å². The van der Waals surface area contributed by atoms with Crippen LogP contribution in [0.5, 0.6) is 0 Å². The molecule has 3 aromatic carbocycles. The van der Waals surface area contributed by atoms with E-state index < -0.39 is 28.8 Å². The van der Waals surface area contributed by atoms with Gasteiger partial charge >= 0.3 is 11.9 Å². The Bertz CT molecular complexity index is 1280. The van der Waals surface area contributed by atoms with Gasteiger partial charge in [0, 0.05) is 11.2 Å². The van der Waals surface area contributed by atoms with Crippen molar-refractivity contribution in [3.63, 3.8) is 0 Å². The van der Waals surface area contributed by atoms with E-state index >= 15 is 0 Å². The van der Waals surface area contributed by atoms with Crippen LogP contribution in [0.15, 0.2) is 91.0 Å². The molecule has 0 amide bonds. The fourth-order valence-electron chi connectivity index (χ4n) is 6.77. The molecule has 3 rings (SSSR count). The zero-order chi connectivity index (χ0) is 33.6. The highest BCUT2D eigenvalue weighted by Crippen LogP contribution is 2.51. The molecule has 0 aliphatic carbocycles. The van der Waals surface area contributed by atoms with Crippen LogP contribution in [0.4, 0.5) is 0 Å². The van der Waals surface area contributed by atoms with Crippen LogP contribution in [0.3, 0.4) is 0 Å².